The highest BCUT2D eigenvalue weighted by molar-refractivity contribution is 5.89. The quantitative estimate of drug-likeness (QED) is 0.335. The first-order chi connectivity index (χ1) is 8.58. The Morgan fingerprint density at radius 1 is 1.39 bits per heavy atom. The van der Waals surface area contributed by atoms with E-state index >= 15 is 0 Å². The van der Waals surface area contributed by atoms with E-state index in [2.05, 4.69) is 6.58 Å². The maximum absolute atomic E-state index is 11.5. The number of benzene rings is 1. The summed E-state index contributed by atoms with van der Waals surface area (Å²) in [4.78, 5) is 21.8. The number of carbonyl (C=O) groups is 2. The maximum Gasteiger partial charge on any atom is 0.338 e. The van der Waals surface area contributed by atoms with Gasteiger partial charge in [0.1, 0.15) is 6.29 Å². The van der Waals surface area contributed by atoms with Gasteiger partial charge in [-0.2, -0.15) is 0 Å². The zero-order chi connectivity index (χ0) is 13.5. The lowest BCUT2D eigenvalue weighted by Gasteiger charge is -2.10. The van der Waals surface area contributed by atoms with E-state index in [1.165, 1.54) is 7.11 Å². The molecule has 0 aromatic heterocycles. The first-order valence-corrected chi connectivity index (χ1v) is 5.56. The summed E-state index contributed by atoms with van der Waals surface area (Å²) in [6, 6.07) is 5.24. The van der Waals surface area contributed by atoms with Crippen molar-refractivity contribution in [3.05, 3.63) is 35.9 Å². The Morgan fingerprint density at radius 3 is 2.67 bits per heavy atom. The van der Waals surface area contributed by atoms with Gasteiger partial charge in [0.25, 0.3) is 0 Å². The normalized spacial score (nSPS) is 9.67. The molecule has 0 saturated carbocycles. The monoisotopic (exact) mass is 248 g/mol. The Balaban J connectivity index is 2.94. The summed E-state index contributed by atoms with van der Waals surface area (Å²) in [5.41, 5.74) is 1.22. The van der Waals surface area contributed by atoms with E-state index in [1.807, 2.05) is 6.07 Å². The van der Waals surface area contributed by atoms with Gasteiger partial charge in [0.05, 0.1) is 7.11 Å². The Hall–Kier alpha value is -2.10. The van der Waals surface area contributed by atoms with Gasteiger partial charge in [-0.05, 0) is 31.0 Å². The van der Waals surface area contributed by atoms with E-state index in [0.717, 1.165) is 11.8 Å². The van der Waals surface area contributed by atoms with E-state index in [4.69, 9.17) is 9.47 Å². The summed E-state index contributed by atoms with van der Waals surface area (Å²) in [7, 11) is 1.50. The van der Waals surface area contributed by atoms with Crippen LogP contribution < -0.4 is 9.47 Å². The largest absolute Gasteiger partial charge is 0.493 e. The third kappa shape index (κ3) is 3.73. The Kier molecular flexibility index (Phi) is 5.11. The fraction of sp³-hybridized carbons (Fsp3) is 0.286. The van der Waals surface area contributed by atoms with Crippen LogP contribution in [0.3, 0.4) is 0 Å². The lowest BCUT2D eigenvalue weighted by molar-refractivity contribution is -0.130. The minimum atomic E-state index is -0.499. The van der Waals surface area contributed by atoms with Gasteiger partial charge >= 0.3 is 5.97 Å². The number of esters is 1. The van der Waals surface area contributed by atoms with Crippen molar-refractivity contribution in [2.24, 2.45) is 0 Å². The molecule has 0 aliphatic rings. The van der Waals surface area contributed by atoms with Crippen molar-refractivity contribution in [1.29, 1.82) is 0 Å². The summed E-state index contributed by atoms with van der Waals surface area (Å²) in [5, 5.41) is 0. The number of hydrogen-bond donors (Lipinski definition) is 0. The smallest absolute Gasteiger partial charge is 0.338 e. The van der Waals surface area contributed by atoms with Crippen LogP contribution in [-0.2, 0) is 16.0 Å². The van der Waals surface area contributed by atoms with Crippen molar-refractivity contribution in [3.8, 4) is 11.5 Å². The first kappa shape index (κ1) is 14.0. The van der Waals surface area contributed by atoms with Crippen LogP contribution in [0.25, 0.3) is 0 Å². The average molecular weight is 248 g/mol. The lowest BCUT2D eigenvalue weighted by Crippen LogP contribution is -2.09. The Morgan fingerprint density at radius 2 is 2.11 bits per heavy atom. The molecule has 0 aliphatic carbocycles. The molecule has 1 aromatic carbocycles. The summed E-state index contributed by atoms with van der Waals surface area (Å²) < 4.78 is 10.3. The van der Waals surface area contributed by atoms with Gasteiger partial charge < -0.3 is 14.3 Å². The SMILES string of the molecule is C=C(C)C(=O)Oc1cc(CCC=O)ccc1OC. The predicted octanol–water partition coefficient (Wildman–Crippen LogP) is 2.31. The van der Waals surface area contributed by atoms with Crippen LogP contribution in [0.1, 0.15) is 18.9 Å². The molecule has 0 atom stereocenters. The molecule has 18 heavy (non-hydrogen) atoms. The molecule has 0 radical (unpaired) electrons. The van der Waals surface area contributed by atoms with E-state index in [9.17, 15) is 9.59 Å². The van der Waals surface area contributed by atoms with Gasteiger partial charge in [-0.3, -0.25) is 0 Å². The van der Waals surface area contributed by atoms with Gasteiger partial charge in [-0.25, -0.2) is 4.79 Å². The van der Waals surface area contributed by atoms with Crippen LogP contribution in [0.4, 0.5) is 0 Å². The van der Waals surface area contributed by atoms with Gasteiger partial charge in [-0.15, -0.1) is 0 Å². The molecule has 0 saturated heterocycles. The van der Waals surface area contributed by atoms with Crippen LogP contribution >= 0.6 is 0 Å². The van der Waals surface area contributed by atoms with Gasteiger partial charge in [0.15, 0.2) is 11.5 Å². The average Bonchev–Trinajstić information content (AvgIpc) is 2.36. The summed E-state index contributed by atoms with van der Waals surface area (Å²) in [6.45, 7) is 5.09. The van der Waals surface area contributed by atoms with Crippen LogP contribution in [0.2, 0.25) is 0 Å². The predicted molar refractivity (Wildman–Crippen MR) is 67.8 cm³/mol. The van der Waals surface area contributed by atoms with E-state index < -0.39 is 5.97 Å². The molecule has 4 heteroatoms. The van der Waals surface area contributed by atoms with Gasteiger partial charge in [0.2, 0.25) is 0 Å². The number of methoxy groups -OCH3 is 1. The number of rotatable bonds is 6. The number of ether oxygens (including phenoxy) is 2. The number of aldehydes is 1. The minimum Gasteiger partial charge on any atom is -0.493 e. The molecule has 0 spiro atoms. The molecule has 4 nitrogen and oxygen atoms in total. The van der Waals surface area contributed by atoms with E-state index in [0.29, 0.717) is 29.9 Å². The van der Waals surface area contributed by atoms with Crippen LogP contribution in [0.15, 0.2) is 30.4 Å². The molecule has 0 amide bonds. The molecule has 0 heterocycles. The molecule has 0 N–H and O–H groups in total. The highest BCUT2D eigenvalue weighted by atomic mass is 16.6. The van der Waals surface area contributed by atoms with Gasteiger partial charge in [0, 0.05) is 12.0 Å². The first-order valence-electron chi connectivity index (χ1n) is 5.56. The topological polar surface area (TPSA) is 52.6 Å². The molecule has 0 fully saturated rings. The second kappa shape index (κ2) is 6.59. The minimum absolute atomic E-state index is 0.315. The number of carbonyl (C=O) groups excluding carboxylic acids is 2. The van der Waals surface area contributed by atoms with E-state index in [1.54, 1.807) is 19.1 Å². The summed E-state index contributed by atoms with van der Waals surface area (Å²) >= 11 is 0. The van der Waals surface area contributed by atoms with Crippen LogP contribution in [0, 0.1) is 0 Å². The standard InChI is InChI=1S/C14H16O4/c1-10(2)14(16)18-13-9-11(5-4-8-15)6-7-12(13)17-3/h6-9H,1,4-5H2,2-3H3. The Labute approximate surface area is 106 Å². The highest BCUT2D eigenvalue weighted by Gasteiger charge is 2.11. The lowest BCUT2D eigenvalue weighted by atomic mass is 10.1. The zero-order valence-corrected chi connectivity index (χ0v) is 10.6. The van der Waals surface area contributed by atoms with Crippen molar-refractivity contribution in [2.45, 2.75) is 19.8 Å². The molecule has 1 aromatic rings. The third-order valence-electron chi connectivity index (χ3n) is 2.33. The molecular weight excluding hydrogens is 232 g/mol. The van der Waals surface area contributed by atoms with Crippen molar-refractivity contribution in [3.63, 3.8) is 0 Å². The van der Waals surface area contributed by atoms with Crippen LogP contribution in [-0.4, -0.2) is 19.4 Å². The third-order valence-corrected chi connectivity index (χ3v) is 2.33. The summed E-state index contributed by atoms with van der Waals surface area (Å²) in [5.74, 6) is 0.314. The van der Waals surface area contributed by atoms with Crippen molar-refractivity contribution >= 4 is 12.3 Å². The van der Waals surface area contributed by atoms with E-state index in [-0.39, 0.29) is 0 Å². The van der Waals surface area contributed by atoms with Crippen molar-refractivity contribution < 1.29 is 19.1 Å². The number of hydrogen-bond acceptors (Lipinski definition) is 4. The van der Waals surface area contributed by atoms with Crippen molar-refractivity contribution in [2.75, 3.05) is 7.11 Å². The molecule has 1 rings (SSSR count). The van der Waals surface area contributed by atoms with Crippen molar-refractivity contribution in [1.82, 2.24) is 0 Å². The molecule has 0 aliphatic heterocycles. The fourth-order valence-corrected chi connectivity index (χ4v) is 1.37. The van der Waals surface area contributed by atoms with Gasteiger partial charge in [-0.1, -0.05) is 12.6 Å². The fourth-order valence-electron chi connectivity index (χ4n) is 1.37. The molecular formula is C14H16O4. The Bertz CT molecular complexity index is 463. The second-order valence-electron chi connectivity index (χ2n) is 3.86. The zero-order valence-electron chi connectivity index (χ0n) is 10.6. The summed E-state index contributed by atoms with van der Waals surface area (Å²) in [6.07, 6.45) is 1.88. The van der Waals surface area contributed by atoms with Crippen LogP contribution in [0.5, 0.6) is 11.5 Å². The molecule has 0 unspecified atom stereocenters. The highest BCUT2D eigenvalue weighted by Crippen LogP contribution is 2.29. The maximum atomic E-state index is 11.5. The molecule has 0 bridgehead atoms. The number of aryl methyl sites for hydroxylation is 1. The second-order valence-corrected chi connectivity index (χ2v) is 3.86. The molecule has 96 valence electrons.